The number of carbonyl (C=O) groups excluding carboxylic acids is 1. The van der Waals surface area contributed by atoms with E-state index < -0.39 is 0 Å². The Balaban J connectivity index is 1.58. The molecule has 2 heterocycles. The summed E-state index contributed by atoms with van der Waals surface area (Å²) in [6.45, 7) is 0.982. The smallest absolute Gasteiger partial charge is 0.414 e. The Morgan fingerprint density at radius 2 is 2.13 bits per heavy atom. The van der Waals surface area contributed by atoms with E-state index in [2.05, 4.69) is 15.3 Å². The molecule has 0 radical (unpaired) electrons. The van der Waals surface area contributed by atoms with Crippen molar-refractivity contribution in [2.24, 2.45) is 0 Å². The number of nitrogens with one attached hydrogen (secondary N) is 1. The highest BCUT2D eigenvalue weighted by molar-refractivity contribution is 6.29. The Bertz CT molecular complexity index is 763. The van der Waals surface area contributed by atoms with Gasteiger partial charge in [-0.25, -0.2) is 14.8 Å². The van der Waals surface area contributed by atoms with Gasteiger partial charge in [0.1, 0.15) is 23.4 Å². The number of amides is 1. The monoisotopic (exact) mass is 330 g/mol. The van der Waals surface area contributed by atoms with Gasteiger partial charge >= 0.3 is 6.09 Å². The summed E-state index contributed by atoms with van der Waals surface area (Å²) in [7, 11) is 0. The van der Waals surface area contributed by atoms with E-state index in [0.717, 1.165) is 30.0 Å². The predicted octanol–water partition coefficient (Wildman–Crippen LogP) is 3.71. The van der Waals surface area contributed by atoms with Gasteiger partial charge in [0.2, 0.25) is 0 Å². The van der Waals surface area contributed by atoms with Crippen LogP contribution in [0.4, 0.5) is 22.0 Å². The van der Waals surface area contributed by atoms with Gasteiger partial charge in [-0.3, -0.25) is 4.90 Å². The number of benzene rings is 1. The van der Waals surface area contributed by atoms with Crippen molar-refractivity contribution in [3.05, 3.63) is 41.3 Å². The summed E-state index contributed by atoms with van der Waals surface area (Å²) < 4.78 is 4.97. The SMILES string of the molecule is O=C1OCCN1c1cccc(Nc2cc(Cl)nc(C3CC3)n2)c1. The van der Waals surface area contributed by atoms with Crippen LogP contribution in [0.1, 0.15) is 24.6 Å². The number of aromatic nitrogens is 2. The molecule has 1 aromatic heterocycles. The van der Waals surface area contributed by atoms with Gasteiger partial charge in [-0.2, -0.15) is 0 Å². The van der Waals surface area contributed by atoms with Crippen molar-refractivity contribution in [2.45, 2.75) is 18.8 Å². The van der Waals surface area contributed by atoms with Gasteiger partial charge in [0, 0.05) is 23.4 Å². The maximum Gasteiger partial charge on any atom is 0.414 e. The van der Waals surface area contributed by atoms with Gasteiger partial charge in [-0.05, 0) is 31.0 Å². The van der Waals surface area contributed by atoms with Gasteiger partial charge in [-0.1, -0.05) is 17.7 Å². The third-order valence-corrected chi connectivity index (χ3v) is 4.04. The molecule has 2 aliphatic rings. The number of carbonyl (C=O) groups is 1. The van der Waals surface area contributed by atoms with E-state index in [-0.39, 0.29) is 6.09 Å². The number of nitrogens with zero attached hydrogens (tertiary/aromatic N) is 3. The highest BCUT2D eigenvalue weighted by Crippen LogP contribution is 2.39. The second-order valence-electron chi connectivity index (χ2n) is 5.65. The minimum atomic E-state index is -0.316. The van der Waals surface area contributed by atoms with E-state index in [1.165, 1.54) is 0 Å². The van der Waals surface area contributed by atoms with Gasteiger partial charge in [0.15, 0.2) is 0 Å². The molecule has 23 heavy (non-hydrogen) atoms. The molecule has 0 bridgehead atoms. The maximum absolute atomic E-state index is 11.7. The summed E-state index contributed by atoms with van der Waals surface area (Å²) in [5, 5.41) is 3.67. The minimum absolute atomic E-state index is 0.316. The van der Waals surface area contributed by atoms with Crippen molar-refractivity contribution < 1.29 is 9.53 Å². The molecule has 0 atom stereocenters. The molecule has 4 rings (SSSR count). The molecule has 7 heteroatoms. The van der Waals surface area contributed by atoms with E-state index >= 15 is 0 Å². The maximum atomic E-state index is 11.7. The van der Waals surface area contributed by atoms with Crippen molar-refractivity contribution in [2.75, 3.05) is 23.4 Å². The fourth-order valence-corrected chi connectivity index (χ4v) is 2.74. The summed E-state index contributed by atoms with van der Waals surface area (Å²) in [5.74, 6) is 1.88. The predicted molar refractivity (Wildman–Crippen MR) is 87.4 cm³/mol. The van der Waals surface area contributed by atoms with Crippen LogP contribution in [0, 0.1) is 0 Å². The molecular formula is C16H15ClN4O2. The zero-order valence-corrected chi connectivity index (χ0v) is 13.1. The lowest BCUT2D eigenvalue weighted by Crippen LogP contribution is -2.23. The normalized spacial score (nSPS) is 17.3. The summed E-state index contributed by atoms with van der Waals surface area (Å²) in [6.07, 6.45) is 1.92. The molecule has 6 nitrogen and oxygen atoms in total. The molecule has 0 unspecified atom stereocenters. The first-order chi connectivity index (χ1) is 11.2. The molecule has 1 saturated heterocycles. The highest BCUT2D eigenvalue weighted by atomic mass is 35.5. The lowest BCUT2D eigenvalue weighted by atomic mass is 10.2. The molecule has 1 aliphatic carbocycles. The van der Waals surface area contributed by atoms with E-state index in [1.807, 2.05) is 24.3 Å². The Morgan fingerprint density at radius 1 is 1.26 bits per heavy atom. The quantitative estimate of drug-likeness (QED) is 0.866. The first-order valence-electron chi connectivity index (χ1n) is 7.55. The number of rotatable bonds is 4. The van der Waals surface area contributed by atoms with Crippen molar-refractivity contribution in [3.63, 3.8) is 0 Å². The van der Waals surface area contributed by atoms with Crippen LogP contribution in [-0.4, -0.2) is 29.2 Å². The first-order valence-corrected chi connectivity index (χ1v) is 7.93. The van der Waals surface area contributed by atoms with Gasteiger partial charge in [-0.15, -0.1) is 0 Å². The molecular weight excluding hydrogens is 316 g/mol. The van der Waals surface area contributed by atoms with Gasteiger partial charge in [0.05, 0.1) is 6.54 Å². The largest absolute Gasteiger partial charge is 0.447 e. The average Bonchev–Trinajstić information content (AvgIpc) is 3.29. The first kappa shape index (κ1) is 14.3. The molecule has 1 aliphatic heterocycles. The Labute approximate surface area is 138 Å². The molecule has 1 amide bonds. The molecule has 1 N–H and O–H groups in total. The zero-order chi connectivity index (χ0) is 15.8. The molecule has 1 aromatic carbocycles. The second kappa shape index (κ2) is 5.70. The third-order valence-electron chi connectivity index (χ3n) is 3.85. The van der Waals surface area contributed by atoms with Crippen LogP contribution < -0.4 is 10.2 Å². The molecule has 2 fully saturated rings. The summed E-state index contributed by atoms with van der Waals surface area (Å²) in [4.78, 5) is 22.1. The Morgan fingerprint density at radius 3 is 2.87 bits per heavy atom. The molecule has 0 spiro atoms. The van der Waals surface area contributed by atoms with E-state index in [1.54, 1.807) is 11.0 Å². The Kier molecular flexibility index (Phi) is 3.53. The van der Waals surface area contributed by atoms with Crippen LogP contribution >= 0.6 is 11.6 Å². The fraction of sp³-hybridized carbons (Fsp3) is 0.312. The number of halogens is 1. The van der Waals surface area contributed by atoms with Crippen LogP contribution in [-0.2, 0) is 4.74 Å². The number of hydrogen-bond acceptors (Lipinski definition) is 5. The lowest BCUT2D eigenvalue weighted by Gasteiger charge is -2.14. The summed E-state index contributed by atoms with van der Waals surface area (Å²) in [6, 6.07) is 9.26. The van der Waals surface area contributed by atoms with Crippen LogP contribution in [0.3, 0.4) is 0 Å². The number of cyclic esters (lactones) is 1. The third kappa shape index (κ3) is 3.07. The summed E-state index contributed by atoms with van der Waals surface area (Å²) in [5.41, 5.74) is 1.62. The lowest BCUT2D eigenvalue weighted by molar-refractivity contribution is 0.181. The average molecular weight is 331 g/mol. The van der Waals surface area contributed by atoms with E-state index in [9.17, 15) is 4.79 Å². The Hall–Kier alpha value is -2.34. The van der Waals surface area contributed by atoms with E-state index in [4.69, 9.17) is 16.3 Å². The van der Waals surface area contributed by atoms with Crippen LogP contribution in [0.25, 0.3) is 0 Å². The minimum Gasteiger partial charge on any atom is -0.447 e. The molecule has 118 valence electrons. The number of ether oxygens (including phenoxy) is 1. The van der Waals surface area contributed by atoms with Gasteiger partial charge < -0.3 is 10.1 Å². The topological polar surface area (TPSA) is 67.3 Å². The van der Waals surface area contributed by atoms with Crippen molar-refractivity contribution >= 4 is 34.9 Å². The molecule has 1 saturated carbocycles. The second-order valence-corrected chi connectivity index (χ2v) is 6.04. The van der Waals surface area contributed by atoms with Crippen LogP contribution in [0.15, 0.2) is 30.3 Å². The number of hydrogen-bond donors (Lipinski definition) is 1. The van der Waals surface area contributed by atoms with Gasteiger partial charge in [0.25, 0.3) is 0 Å². The number of anilines is 3. The van der Waals surface area contributed by atoms with Crippen LogP contribution in [0.2, 0.25) is 5.15 Å². The zero-order valence-electron chi connectivity index (χ0n) is 12.3. The van der Waals surface area contributed by atoms with Crippen LogP contribution in [0.5, 0.6) is 0 Å². The fourth-order valence-electron chi connectivity index (χ4n) is 2.55. The standard InChI is InChI=1S/C16H15ClN4O2/c17-13-9-14(20-15(19-13)10-4-5-10)18-11-2-1-3-12(8-11)21-6-7-23-16(21)22/h1-3,8-10H,4-7H2,(H,18,19,20). The van der Waals surface area contributed by atoms with Crippen molar-refractivity contribution in [1.29, 1.82) is 0 Å². The highest BCUT2D eigenvalue weighted by Gasteiger charge is 2.27. The van der Waals surface area contributed by atoms with E-state index in [0.29, 0.717) is 30.0 Å². The van der Waals surface area contributed by atoms with Crippen molar-refractivity contribution in [1.82, 2.24) is 9.97 Å². The van der Waals surface area contributed by atoms with Crippen molar-refractivity contribution in [3.8, 4) is 0 Å². The molecule has 2 aromatic rings. The summed E-state index contributed by atoms with van der Waals surface area (Å²) >= 11 is 6.08.